The lowest BCUT2D eigenvalue weighted by molar-refractivity contribution is 0.187. The number of amides is 3. The van der Waals surface area contributed by atoms with Crippen LogP contribution >= 0.6 is 0 Å². The Morgan fingerprint density at radius 2 is 1.70 bits per heavy atom. The highest BCUT2D eigenvalue weighted by Gasteiger charge is 2.07. The number of fused-ring (bicyclic) bond motifs is 1. The lowest BCUT2D eigenvalue weighted by Gasteiger charge is -2.10. The van der Waals surface area contributed by atoms with Crippen LogP contribution < -0.4 is 16.0 Å². The van der Waals surface area contributed by atoms with Crippen LogP contribution in [0, 0.1) is 6.92 Å². The molecule has 0 saturated carbocycles. The number of para-hydroxylation sites is 2. The number of aromatic nitrogens is 2. The Hall–Kier alpha value is -3.55. The number of nitrogens with one attached hydrogen (secondary N) is 3. The molecule has 0 fully saturated rings. The molecule has 27 heavy (non-hydrogen) atoms. The predicted molar refractivity (Wildman–Crippen MR) is 104 cm³/mol. The van der Waals surface area contributed by atoms with Crippen LogP contribution in [0.1, 0.15) is 5.82 Å². The number of benzene rings is 2. The van der Waals surface area contributed by atoms with Gasteiger partial charge in [-0.25, -0.2) is 14.6 Å². The quantitative estimate of drug-likeness (QED) is 0.644. The van der Waals surface area contributed by atoms with Gasteiger partial charge in [0.15, 0.2) is 0 Å². The van der Waals surface area contributed by atoms with E-state index in [4.69, 9.17) is 0 Å². The van der Waals surface area contributed by atoms with Crippen molar-refractivity contribution in [3.8, 4) is 0 Å². The third-order valence-electron chi connectivity index (χ3n) is 4.04. The number of aryl methyl sites for hydroxylation is 1. The Labute approximate surface area is 156 Å². The average Bonchev–Trinajstić information content (AvgIpc) is 2.99. The summed E-state index contributed by atoms with van der Waals surface area (Å²) in [5, 5.41) is 8.12. The van der Waals surface area contributed by atoms with Gasteiger partial charge >= 0.3 is 12.1 Å². The van der Waals surface area contributed by atoms with E-state index in [-0.39, 0.29) is 6.03 Å². The van der Waals surface area contributed by atoms with Gasteiger partial charge in [-0.3, -0.25) is 5.32 Å². The van der Waals surface area contributed by atoms with Gasteiger partial charge in [0.2, 0.25) is 0 Å². The molecule has 0 aliphatic heterocycles. The first kappa shape index (κ1) is 18.2. The molecule has 0 unspecified atom stereocenters. The molecule has 8 nitrogen and oxygen atoms in total. The first-order valence-electron chi connectivity index (χ1n) is 8.48. The topological polar surface area (TPSA) is 97.3 Å². The van der Waals surface area contributed by atoms with Crippen LogP contribution in [0.4, 0.5) is 21.0 Å². The number of imidazole rings is 1. The fourth-order valence-corrected chi connectivity index (χ4v) is 2.74. The number of anilines is 2. The normalized spacial score (nSPS) is 10.4. The highest BCUT2D eigenvalue weighted by molar-refractivity contribution is 5.90. The predicted octanol–water partition coefficient (Wildman–Crippen LogP) is 3.34. The van der Waals surface area contributed by atoms with Gasteiger partial charge in [-0.15, -0.1) is 0 Å². The van der Waals surface area contributed by atoms with Crippen LogP contribution in [0.15, 0.2) is 48.5 Å². The Morgan fingerprint density at radius 1 is 1.04 bits per heavy atom. The summed E-state index contributed by atoms with van der Waals surface area (Å²) in [5.41, 5.74) is 3.19. The minimum absolute atomic E-state index is 0.300. The van der Waals surface area contributed by atoms with E-state index in [2.05, 4.69) is 30.2 Å². The molecule has 1 aromatic heterocycles. The lowest BCUT2D eigenvalue weighted by Crippen LogP contribution is -2.31. The van der Waals surface area contributed by atoms with Crippen LogP contribution in [-0.2, 0) is 11.3 Å². The second kappa shape index (κ2) is 8.22. The molecule has 0 spiro atoms. The van der Waals surface area contributed by atoms with Crippen molar-refractivity contribution in [1.82, 2.24) is 14.9 Å². The molecule has 8 heteroatoms. The molecular weight excluding hydrogens is 346 g/mol. The SMILES string of the molecule is COC(=O)Nc1ccc(NC(=O)NCCn2c(C)nc3ccccc32)cc1. The highest BCUT2D eigenvalue weighted by atomic mass is 16.5. The molecule has 3 rings (SSSR count). The van der Waals surface area contributed by atoms with Crippen LogP contribution in [0.5, 0.6) is 0 Å². The molecular formula is C19H21N5O3. The first-order chi connectivity index (χ1) is 13.1. The Kier molecular flexibility index (Phi) is 5.55. The summed E-state index contributed by atoms with van der Waals surface area (Å²) in [6.07, 6.45) is -0.546. The number of rotatable bonds is 5. The second-order valence-electron chi connectivity index (χ2n) is 5.87. The molecule has 0 atom stereocenters. The van der Waals surface area contributed by atoms with E-state index in [9.17, 15) is 9.59 Å². The third kappa shape index (κ3) is 4.55. The van der Waals surface area contributed by atoms with Gasteiger partial charge in [-0.2, -0.15) is 0 Å². The maximum absolute atomic E-state index is 12.1. The molecule has 0 aliphatic carbocycles. The zero-order valence-corrected chi connectivity index (χ0v) is 15.2. The van der Waals surface area contributed by atoms with Crippen LogP contribution in [0.3, 0.4) is 0 Å². The Bertz CT molecular complexity index is 950. The standard InChI is InChI=1S/C19H21N5O3/c1-13-21-16-5-3-4-6-17(16)24(13)12-11-20-18(25)22-14-7-9-15(10-8-14)23-19(26)27-2/h3-10H,11-12H2,1-2H3,(H,23,26)(H2,20,22,25). The maximum Gasteiger partial charge on any atom is 0.411 e. The van der Waals surface area contributed by atoms with E-state index < -0.39 is 6.09 Å². The fraction of sp³-hybridized carbons (Fsp3) is 0.211. The molecule has 0 saturated heterocycles. The summed E-state index contributed by atoms with van der Waals surface area (Å²) in [6, 6.07) is 14.3. The number of hydrogen-bond donors (Lipinski definition) is 3. The third-order valence-corrected chi connectivity index (χ3v) is 4.04. The van der Waals surface area contributed by atoms with Crippen molar-refractivity contribution in [3.63, 3.8) is 0 Å². The van der Waals surface area contributed by atoms with Crippen molar-refractivity contribution in [2.45, 2.75) is 13.5 Å². The summed E-state index contributed by atoms with van der Waals surface area (Å²) >= 11 is 0. The highest BCUT2D eigenvalue weighted by Crippen LogP contribution is 2.15. The number of ether oxygens (including phenoxy) is 1. The van der Waals surface area contributed by atoms with Gasteiger partial charge in [0, 0.05) is 24.5 Å². The summed E-state index contributed by atoms with van der Waals surface area (Å²) in [5.74, 6) is 0.909. The molecule has 0 aliphatic rings. The van der Waals surface area contributed by atoms with E-state index in [0.717, 1.165) is 16.9 Å². The minimum atomic E-state index is -0.546. The second-order valence-corrected chi connectivity index (χ2v) is 5.87. The zero-order valence-electron chi connectivity index (χ0n) is 15.2. The van der Waals surface area contributed by atoms with Crippen molar-refractivity contribution in [3.05, 3.63) is 54.4 Å². The number of hydrogen-bond acceptors (Lipinski definition) is 4. The van der Waals surface area contributed by atoms with E-state index in [1.807, 2.05) is 31.2 Å². The van der Waals surface area contributed by atoms with Crippen LogP contribution in [0.2, 0.25) is 0 Å². The number of carbonyl (C=O) groups excluding carboxylic acids is 2. The molecule has 0 radical (unpaired) electrons. The van der Waals surface area contributed by atoms with Gasteiger partial charge in [0.25, 0.3) is 0 Å². The Balaban J connectivity index is 1.51. The van der Waals surface area contributed by atoms with E-state index in [0.29, 0.717) is 24.5 Å². The van der Waals surface area contributed by atoms with Crippen LogP contribution in [-0.4, -0.2) is 35.3 Å². The summed E-state index contributed by atoms with van der Waals surface area (Å²) in [4.78, 5) is 27.7. The van der Waals surface area contributed by atoms with E-state index >= 15 is 0 Å². The summed E-state index contributed by atoms with van der Waals surface area (Å²) in [7, 11) is 1.30. The largest absolute Gasteiger partial charge is 0.453 e. The first-order valence-corrected chi connectivity index (χ1v) is 8.48. The summed E-state index contributed by atoms with van der Waals surface area (Å²) in [6.45, 7) is 3.04. The molecule has 3 aromatic rings. The van der Waals surface area contributed by atoms with Crippen molar-refractivity contribution in [1.29, 1.82) is 0 Å². The number of nitrogens with zero attached hydrogens (tertiary/aromatic N) is 2. The smallest absolute Gasteiger partial charge is 0.411 e. The molecule has 140 valence electrons. The van der Waals surface area contributed by atoms with Gasteiger partial charge in [0.05, 0.1) is 18.1 Å². The molecule has 0 bridgehead atoms. The van der Waals surface area contributed by atoms with Gasteiger partial charge < -0.3 is 19.9 Å². The molecule has 3 amide bonds. The van der Waals surface area contributed by atoms with E-state index in [1.165, 1.54) is 7.11 Å². The van der Waals surface area contributed by atoms with Crippen molar-refractivity contribution >= 4 is 34.5 Å². The number of urea groups is 1. The van der Waals surface area contributed by atoms with Crippen molar-refractivity contribution in [2.24, 2.45) is 0 Å². The fourth-order valence-electron chi connectivity index (χ4n) is 2.74. The van der Waals surface area contributed by atoms with Crippen molar-refractivity contribution < 1.29 is 14.3 Å². The zero-order chi connectivity index (χ0) is 19.2. The molecule has 1 heterocycles. The van der Waals surface area contributed by atoms with Crippen LogP contribution in [0.25, 0.3) is 11.0 Å². The van der Waals surface area contributed by atoms with Crippen molar-refractivity contribution in [2.75, 3.05) is 24.3 Å². The average molecular weight is 367 g/mol. The lowest BCUT2D eigenvalue weighted by atomic mass is 10.3. The summed E-state index contributed by atoms with van der Waals surface area (Å²) < 4.78 is 6.60. The monoisotopic (exact) mass is 367 g/mol. The Morgan fingerprint density at radius 3 is 2.41 bits per heavy atom. The van der Waals surface area contributed by atoms with E-state index in [1.54, 1.807) is 24.3 Å². The van der Waals surface area contributed by atoms with Gasteiger partial charge in [-0.1, -0.05) is 12.1 Å². The molecule has 3 N–H and O–H groups in total. The minimum Gasteiger partial charge on any atom is -0.453 e. The van der Waals surface area contributed by atoms with Gasteiger partial charge in [-0.05, 0) is 43.3 Å². The number of methoxy groups -OCH3 is 1. The number of carbonyl (C=O) groups is 2. The van der Waals surface area contributed by atoms with Gasteiger partial charge in [0.1, 0.15) is 5.82 Å². The maximum atomic E-state index is 12.1. The molecule has 2 aromatic carbocycles.